The Morgan fingerprint density at radius 1 is 1.14 bits per heavy atom. The van der Waals surface area contributed by atoms with Crippen molar-refractivity contribution >= 4 is 50.9 Å². The first kappa shape index (κ1) is 27.4. The van der Waals surface area contributed by atoms with E-state index in [0.717, 1.165) is 39.3 Å². The quantitative estimate of drug-likeness (QED) is 0.353. The number of hydrogen-bond acceptors (Lipinski definition) is 5. The molecule has 192 valence electrons. The molecule has 5 amide bonds. The second-order valence-corrected chi connectivity index (χ2v) is 12.7. The Kier molecular flexibility index (Phi) is 9.19. The summed E-state index contributed by atoms with van der Waals surface area (Å²) >= 11 is 1.53. The highest BCUT2D eigenvalue weighted by Crippen LogP contribution is 2.25. The number of halogens is 1. The average molecular weight is 617 g/mol. The molecule has 1 saturated carbocycles. The van der Waals surface area contributed by atoms with E-state index in [9.17, 15) is 22.8 Å². The first-order valence-electron chi connectivity index (χ1n) is 11.9. The summed E-state index contributed by atoms with van der Waals surface area (Å²) in [5.74, 6) is 0.384. The maximum absolute atomic E-state index is 12.9. The van der Waals surface area contributed by atoms with Crippen molar-refractivity contribution in [2.75, 3.05) is 13.1 Å². The van der Waals surface area contributed by atoms with Gasteiger partial charge in [-0.3, -0.25) is 9.69 Å². The Balaban J connectivity index is 1.51. The van der Waals surface area contributed by atoms with E-state index in [2.05, 4.69) is 17.6 Å². The number of benzene rings is 1. The Hall–Kier alpha value is -2.15. The Morgan fingerprint density at radius 2 is 1.77 bits per heavy atom. The summed E-state index contributed by atoms with van der Waals surface area (Å²) in [4.78, 5) is 38.4. The fourth-order valence-corrected chi connectivity index (χ4v) is 6.19. The van der Waals surface area contributed by atoms with Crippen LogP contribution >= 0.6 is 22.9 Å². The molecule has 0 unspecified atom stereocenters. The monoisotopic (exact) mass is 616 g/mol. The summed E-state index contributed by atoms with van der Waals surface area (Å²) < 4.78 is 26.5. The fourth-order valence-electron chi connectivity index (χ4n) is 4.44. The number of nitrogens with one attached hydrogen (secondary N) is 2. The van der Waals surface area contributed by atoms with Gasteiger partial charge in [0.25, 0.3) is 15.9 Å². The standard InChI is InChI=1S/C24H33IN4O5S/c1-4-21-17(3)15-28(22(21)30)23(31)26-14-13-18-7-11-20(12-8-18)35(33,34)29(25)24(32)27-19-9-5-16(2)6-10-19/h7-8,11-12,16,19H,4-6,9-10,13-15H2,1-3H3,(H,26,31)(H,27,32). The number of hydrogen-bond donors (Lipinski definition) is 2. The summed E-state index contributed by atoms with van der Waals surface area (Å²) in [5.41, 5.74) is 2.42. The van der Waals surface area contributed by atoms with Crippen LogP contribution in [0.5, 0.6) is 0 Å². The summed E-state index contributed by atoms with van der Waals surface area (Å²) in [6.45, 7) is 6.54. The molecule has 0 radical (unpaired) electrons. The van der Waals surface area contributed by atoms with Crippen LogP contribution in [0, 0.1) is 5.92 Å². The van der Waals surface area contributed by atoms with Crippen LogP contribution in [0.25, 0.3) is 0 Å². The zero-order chi connectivity index (χ0) is 25.8. The minimum Gasteiger partial charge on any atom is -0.337 e. The maximum atomic E-state index is 12.9. The largest absolute Gasteiger partial charge is 0.340 e. The molecular formula is C24H33IN4O5S. The van der Waals surface area contributed by atoms with Gasteiger partial charge in [-0.15, -0.1) is 0 Å². The van der Waals surface area contributed by atoms with Gasteiger partial charge in [-0.2, -0.15) is 2.52 Å². The lowest BCUT2D eigenvalue weighted by atomic mass is 9.87. The summed E-state index contributed by atoms with van der Waals surface area (Å²) in [5, 5.41) is 5.58. The van der Waals surface area contributed by atoms with E-state index in [-0.39, 0.29) is 16.8 Å². The Bertz CT molecular complexity index is 1100. The molecule has 0 bridgehead atoms. The number of carbonyl (C=O) groups is 3. The molecule has 11 heteroatoms. The number of rotatable bonds is 7. The van der Waals surface area contributed by atoms with E-state index in [0.29, 0.717) is 37.4 Å². The van der Waals surface area contributed by atoms with Gasteiger partial charge in [0.05, 0.1) is 34.3 Å². The van der Waals surface area contributed by atoms with Gasteiger partial charge in [0, 0.05) is 18.2 Å². The number of amides is 5. The molecule has 2 N–H and O–H groups in total. The third-order valence-electron chi connectivity index (χ3n) is 6.64. The van der Waals surface area contributed by atoms with E-state index in [1.165, 1.54) is 39.9 Å². The van der Waals surface area contributed by atoms with Crippen molar-refractivity contribution in [2.45, 2.75) is 70.2 Å². The van der Waals surface area contributed by atoms with Crippen LogP contribution in [0.2, 0.25) is 0 Å². The third-order valence-corrected chi connectivity index (χ3v) is 10.1. The summed E-state index contributed by atoms with van der Waals surface area (Å²) in [7, 11) is -3.99. The first-order chi connectivity index (χ1) is 16.5. The highest BCUT2D eigenvalue weighted by Gasteiger charge is 2.32. The number of sulfonamides is 1. The predicted octanol–water partition coefficient (Wildman–Crippen LogP) is 4.14. The second-order valence-electron chi connectivity index (χ2n) is 9.26. The average Bonchev–Trinajstić information content (AvgIpc) is 3.13. The fraction of sp³-hybridized carbons (Fsp3) is 0.542. The van der Waals surface area contributed by atoms with Crippen molar-refractivity contribution in [1.82, 2.24) is 18.1 Å². The van der Waals surface area contributed by atoms with Crippen molar-refractivity contribution in [3.05, 3.63) is 41.0 Å². The van der Waals surface area contributed by atoms with Crippen molar-refractivity contribution in [3.63, 3.8) is 0 Å². The van der Waals surface area contributed by atoms with E-state index >= 15 is 0 Å². The number of carbonyl (C=O) groups excluding carboxylic acids is 3. The lowest BCUT2D eigenvalue weighted by molar-refractivity contribution is -0.123. The van der Waals surface area contributed by atoms with Gasteiger partial charge < -0.3 is 10.6 Å². The van der Waals surface area contributed by atoms with Crippen LogP contribution in [0.15, 0.2) is 40.3 Å². The van der Waals surface area contributed by atoms with Crippen molar-refractivity contribution in [3.8, 4) is 0 Å². The third kappa shape index (κ3) is 6.54. The zero-order valence-corrected chi connectivity index (χ0v) is 23.3. The van der Waals surface area contributed by atoms with Gasteiger partial charge in [-0.1, -0.05) is 26.0 Å². The highest BCUT2D eigenvalue weighted by atomic mass is 127. The molecule has 1 aromatic carbocycles. The molecule has 1 aliphatic carbocycles. The SMILES string of the molecule is CCC1=C(C)CN(C(=O)NCCc2ccc(S(=O)(=O)N(I)C(=O)NC3CCC(C)CC3)cc2)C1=O. The van der Waals surface area contributed by atoms with Gasteiger partial charge in [-0.05, 0) is 74.6 Å². The van der Waals surface area contributed by atoms with E-state index in [1.807, 2.05) is 13.8 Å². The van der Waals surface area contributed by atoms with E-state index in [4.69, 9.17) is 0 Å². The lowest BCUT2D eigenvalue weighted by Crippen LogP contribution is -2.44. The van der Waals surface area contributed by atoms with Crippen LogP contribution in [0.4, 0.5) is 9.59 Å². The van der Waals surface area contributed by atoms with Gasteiger partial charge in [0.15, 0.2) is 0 Å². The molecule has 9 nitrogen and oxygen atoms in total. The minimum atomic E-state index is -3.99. The molecule has 0 atom stereocenters. The summed E-state index contributed by atoms with van der Waals surface area (Å²) in [6, 6.07) is 5.16. The molecule has 35 heavy (non-hydrogen) atoms. The topological polar surface area (TPSA) is 116 Å². The van der Waals surface area contributed by atoms with Gasteiger partial charge in [0.2, 0.25) is 0 Å². The molecule has 0 saturated heterocycles. The molecule has 0 aromatic heterocycles. The smallest absolute Gasteiger partial charge is 0.337 e. The molecule has 1 aliphatic heterocycles. The Labute approximate surface area is 221 Å². The van der Waals surface area contributed by atoms with Gasteiger partial charge in [0.1, 0.15) is 0 Å². The first-order valence-corrected chi connectivity index (χ1v) is 14.3. The van der Waals surface area contributed by atoms with Crippen molar-refractivity contribution in [2.24, 2.45) is 5.92 Å². The maximum Gasteiger partial charge on any atom is 0.340 e. The van der Waals surface area contributed by atoms with E-state index in [1.54, 1.807) is 12.1 Å². The molecule has 1 aromatic rings. The van der Waals surface area contributed by atoms with Gasteiger partial charge in [-0.25, -0.2) is 18.0 Å². The number of nitrogens with zero attached hydrogens (tertiary/aromatic N) is 2. The molecular weight excluding hydrogens is 583 g/mol. The van der Waals surface area contributed by atoms with Crippen LogP contribution in [-0.2, 0) is 21.2 Å². The molecule has 3 rings (SSSR count). The summed E-state index contributed by atoms with van der Waals surface area (Å²) in [6.07, 6.45) is 4.81. The zero-order valence-electron chi connectivity index (χ0n) is 20.3. The normalized spacial score (nSPS) is 20.7. The molecule has 0 spiro atoms. The lowest BCUT2D eigenvalue weighted by Gasteiger charge is -2.28. The highest BCUT2D eigenvalue weighted by molar-refractivity contribution is 14.1. The van der Waals surface area contributed by atoms with Crippen molar-refractivity contribution < 1.29 is 22.8 Å². The minimum absolute atomic E-state index is 0.00661. The van der Waals surface area contributed by atoms with Crippen molar-refractivity contribution in [1.29, 1.82) is 0 Å². The van der Waals surface area contributed by atoms with Crippen LogP contribution in [0.1, 0.15) is 58.4 Å². The second kappa shape index (κ2) is 11.7. The van der Waals surface area contributed by atoms with Crippen LogP contribution in [0.3, 0.4) is 0 Å². The predicted molar refractivity (Wildman–Crippen MR) is 141 cm³/mol. The molecule has 2 aliphatic rings. The van der Waals surface area contributed by atoms with E-state index < -0.39 is 22.1 Å². The number of imide groups is 1. The number of urea groups is 2. The van der Waals surface area contributed by atoms with Crippen LogP contribution in [-0.4, -0.2) is 52.9 Å². The molecule has 1 heterocycles. The Morgan fingerprint density at radius 3 is 2.34 bits per heavy atom. The molecule has 1 fully saturated rings. The van der Waals surface area contributed by atoms with Gasteiger partial charge >= 0.3 is 12.1 Å². The van der Waals surface area contributed by atoms with Crippen LogP contribution < -0.4 is 10.6 Å².